The fourth-order valence-corrected chi connectivity index (χ4v) is 6.15. The molecule has 9 heteroatoms. The van der Waals surface area contributed by atoms with Crippen LogP contribution in [0.5, 0.6) is 0 Å². The van der Waals surface area contributed by atoms with E-state index in [1.165, 1.54) is 13.1 Å². The third-order valence-corrected chi connectivity index (χ3v) is 7.53. The van der Waals surface area contributed by atoms with Crippen LogP contribution in [0.1, 0.15) is 5.56 Å². The van der Waals surface area contributed by atoms with Crippen LogP contribution >= 0.6 is 11.6 Å². The molecule has 1 aliphatic heterocycles. The molecule has 0 amide bonds. The number of benzene rings is 1. The minimum absolute atomic E-state index is 0.00833. The Morgan fingerprint density at radius 3 is 2.48 bits per heavy atom. The van der Waals surface area contributed by atoms with Gasteiger partial charge in [0.25, 0.3) is 0 Å². The molecule has 1 aromatic carbocycles. The number of aliphatic hydroxyl groups excluding tert-OH is 1. The number of likely N-dealkylation sites (N-methyl/N-ethyl adjacent to an activating group) is 1. The molecule has 1 heterocycles. The van der Waals surface area contributed by atoms with Crippen LogP contribution in [0.4, 0.5) is 0 Å². The summed E-state index contributed by atoms with van der Waals surface area (Å²) < 4.78 is 49.2. The highest BCUT2D eigenvalue weighted by Crippen LogP contribution is 2.27. The van der Waals surface area contributed by atoms with Crippen molar-refractivity contribution in [1.29, 1.82) is 0 Å². The van der Waals surface area contributed by atoms with Gasteiger partial charge in [0.2, 0.25) is 10.0 Å². The molecule has 6 nitrogen and oxygen atoms in total. The van der Waals surface area contributed by atoms with E-state index >= 15 is 0 Å². The Morgan fingerprint density at radius 2 is 1.95 bits per heavy atom. The maximum atomic E-state index is 12.6. The van der Waals surface area contributed by atoms with E-state index in [1.807, 2.05) is 0 Å². The van der Waals surface area contributed by atoms with Gasteiger partial charge < -0.3 is 5.11 Å². The van der Waals surface area contributed by atoms with Gasteiger partial charge in [-0.05, 0) is 24.6 Å². The van der Waals surface area contributed by atoms with Gasteiger partial charge in [0.05, 0.1) is 28.5 Å². The molecule has 0 saturated carbocycles. The van der Waals surface area contributed by atoms with Crippen molar-refractivity contribution < 1.29 is 21.9 Å². The maximum Gasteiger partial charge on any atom is 0.243 e. The average Bonchev–Trinajstić information content (AvgIpc) is 2.64. The minimum Gasteiger partial charge on any atom is -0.390 e. The number of aliphatic hydroxyl groups is 1. The smallest absolute Gasteiger partial charge is 0.243 e. The molecule has 21 heavy (non-hydrogen) atoms. The molecule has 0 spiro atoms. The Morgan fingerprint density at radius 1 is 1.33 bits per heavy atom. The predicted molar refractivity (Wildman–Crippen MR) is 79.6 cm³/mol. The van der Waals surface area contributed by atoms with E-state index < -0.39 is 37.8 Å². The van der Waals surface area contributed by atoms with Crippen LogP contribution < -0.4 is 0 Å². The van der Waals surface area contributed by atoms with Gasteiger partial charge in [0, 0.05) is 12.1 Å². The first-order chi connectivity index (χ1) is 9.54. The first-order valence-electron chi connectivity index (χ1n) is 6.17. The van der Waals surface area contributed by atoms with Crippen molar-refractivity contribution in [2.45, 2.75) is 24.0 Å². The zero-order valence-electron chi connectivity index (χ0n) is 11.5. The van der Waals surface area contributed by atoms with Crippen LogP contribution in [0.15, 0.2) is 23.1 Å². The molecule has 0 bridgehead atoms. The lowest BCUT2D eigenvalue weighted by Gasteiger charge is -2.26. The molecule has 0 aromatic heterocycles. The first-order valence-corrected chi connectivity index (χ1v) is 9.81. The fourth-order valence-electron chi connectivity index (χ4n) is 2.34. The summed E-state index contributed by atoms with van der Waals surface area (Å²) in [4.78, 5) is 0.00833. The van der Waals surface area contributed by atoms with E-state index in [9.17, 15) is 21.9 Å². The van der Waals surface area contributed by atoms with Crippen molar-refractivity contribution in [3.8, 4) is 0 Å². The second-order valence-electron chi connectivity index (χ2n) is 5.14. The number of rotatable bonds is 3. The number of sulfone groups is 1. The number of sulfonamides is 1. The number of hydrogen-bond acceptors (Lipinski definition) is 5. The van der Waals surface area contributed by atoms with Crippen LogP contribution in [0, 0.1) is 6.92 Å². The highest BCUT2D eigenvalue weighted by molar-refractivity contribution is 7.92. The van der Waals surface area contributed by atoms with Gasteiger partial charge in [0.15, 0.2) is 9.84 Å². The number of aryl methyl sites for hydroxylation is 1. The molecule has 0 aliphatic carbocycles. The van der Waals surface area contributed by atoms with Crippen molar-refractivity contribution in [1.82, 2.24) is 4.31 Å². The van der Waals surface area contributed by atoms with Crippen molar-refractivity contribution in [3.05, 3.63) is 28.8 Å². The average molecular weight is 354 g/mol. The van der Waals surface area contributed by atoms with Gasteiger partial charge >= 0.3 is 0 Å². The second kappa shape index (κ2) is 5.51. The lowest BCUT2D eigenvalue weighted by atomic mass is 10.2. The fraction of sp³-hybridized carbons (Fsp3) is 0.500. The van der Waals surface area contributed by atoms with E-state index in [2.05, 4.69) is 0 Å². The van der Waals surface area contributed by atoms with Crippen molar-refractivity contribution in [3.63, 3.8) is 0 Å². The minimum atomic E-state index is -3.93. The zero-order valence-corrected chi connectivity index (χ0v) is 13.9. The molecule has 1 fully saturated rings. The summed E-state index contributed by atoms with van der Waals surface area (Å²) in [6, 6.07) is 3.48. The van der Waals surface area contributed by atoms with Crippen LogP contribution in [0.25, 0.3) is 0 Å². The lowest BCUT2D eigenvalue weighted by molar-refractivity contribution is 0.137. The third-order valence-electron chi connectivity index (χ3n) is 3.57. The Labute approximate surface area is 129 Å². The van der Waals surface area contributed by atoms with Crippen molar-refractivity contribution >= 4 is 31.5 Å². The quantitative estimate of drug-likeness (QED) is 0.850. The third kappa shape index (κ3) is 3.24. The van der Waals surface area contributed by atoms with Gasteiger partial charge in [-0.2, -0.15) is 4.31 Å². The first kappa shape index (κ1) is 16.7. The van der Waals surface area contributed by atoms with E-state index in [4.69, 9.17) is 11.6 Å². The Balaban J connectivity index is 2.42. The number of hydrogen-bond donors (Lipinski definition) is 1. The second-order valence-corrected chi connectivity index (χ2v) is 9.70. The molecular weight excluding hydrogens is 338 g/mol. The van der Waals surface area contributed by atoms with Gasteiger partial charge in [-0.25, -0.2) is 16.8 Å². The summed E-state index contributed by atoms with van der Waals surface area (Å²) in [5.74, 6) is -0.810. The van der Waals surface area contributed by atoms with Crippen molar-refractivity contribution in [2.75, 3.05) is 18.6 Å². The number of halogens is 1. The summed E-state index contributed by atoms with van der Waals surface area (Å²) >= 11 is 5.83. The highest BCUT2D eigenvalue weighted by atomic mass is 35.5. The van der Waals surface area contributed by atoms with E-state index in [1.54, 1.807) is 19.1 Å². The number of nitrogens with zero attached hydrogens (tertiary/aromatic N) is 1. The summed E-state index contributed by atoms with van der Waals surface area (Å²) in [7, 11) is -6.10. The van der Waals surface area contributed by atoms with Crippen LogP contribution in [0.3, 0.4) is 0 Å². The van der Waals surface area contributed by atoms with E-state index in [0.29, 0.717) is 5.56 Å². The molecule has 0 radical (unpaired) electrons. The normalized spacial score (nSPS) is 25.4. The molecule has 1 N–H and O–H groups in total. The standard InChI is InChI=1S/C12H16ClNO5S2/c1-8-3-4-9(13)5-12(8)21(18,19)14(2)10-6-20(16,17)7-11(10)15/h3-5,10-11,15H,6-7H2,1-2H3/t10-,11-/m0/s1. The van der Waals surface area contributed by atoms with E-state index in [-0.39, 0.29) is 15.7 Å². The molecule has 1 aromatic rings. The molecule has 1 aliphatic rings. The summed E-state index contributed by atoms with van der Waals surface area (Å²) in [5.41, 5.74) is 0.501. The topological polar surface area (TPSA) is 91.8 Å². The highest BCUT2D eigenvalue weighted by Gasteiger charge is 2.43. The molecule has 0 unspecified atom stereocenters. The van der Waals surface area contributed by atoms with Crippen molar-refractivity contribution in [2.24, 2.45) is 0 Å². The summed E-state index contributed by atoms with van der Waals surface area (Å²) in [5, 5.41) is 10.1. The molecule has 118 valence electrons. The van der Waals surface area contributed by atoms with E-state index in [0.717, 1.165) is 4.31 Å². The largest absolute Gasteiger partial charge is 0.390 e. The Hall–Kier alpha value is -0.670. The monoisotopic (exact) mass is 353 g/mol. The van der Waals surface area contributed by atoms with Gasteiger partial charge in [-0.1, -0.05) is 17.7 Å². The van der Waals surface area contributed by atoms with Gasteiger partial charge in [-0.15, -0.1) is 0 Å². The molecule has 2 atom stereocenters. The summed E-state index contributed by atoms with van der Waals surface area (Å²) in [6.07, 6.45) is -1.23. The van der Waals surface area contributed by atoms with Crippen LogP contribution in [-0.2, 0) is 19.9 Å². The zero-order chi connectivity index (χ0) is 16.0. The molecule has 2 rings (SSSR count). The van der Waals surface area contributed by atoms with Gasteiger partial charge in [0.1, 0.15) is 0 Å². The molecule has 1 saturated heterocycles. The lowest BCUT2D eigenvalue weighted by Crippen LogP contribution is -2.44. The SMILES string of the molecule is Cc1ccc(Cl)cc1S(=O)(=O)N(C)[C@H]1CS(=O)(=O)C[C@@H]1O. The summed E-state index contributed by atoms with van der Waals surface area (Å²) in [6.45, 7) is 1.62. The Kier molecular flexibility index (Phi) is 4.38. The van der Waals surface area contributed by atoms with Crippen LogP contribution in [-0.4, -0.2) is 56.9 Å². The Bertz CT molecular complexity index is 760. The molecular formula is C12H16ClNO5S2. The van der Waals surface area contributed by atoms with Gasteiger partial charge in [-0.3, -0.25) is 0 Å². The predicted octanol–water partition coefficient (Wildman–Crippen LogP) is 0.427. The van der Waals surface area contributed by atoms with Crippen LogP contribution in [0.2, 0.25) is 5.02 Å². The maximum absolute atomic E-state index is 12.6.